The van der Waals surface area contributed by atoms with E-state index < -0.39 is 5.97 Å². The Balaban J connectivity index is 2.97. The summed E-state index contributed by atoms with van der Waals surface area (Å²) in [5.41, 5.74) is 0.220. The number of methoxy groups -OCH3 is 1. The van der Waals surface area contributed by atoms with Gasteiger partial charge in [-0.15, -0.1) is 16.7 Å². The molecule has 0 aromatic heterocycles. The average molecular weight is 334 g/mol. The summed E-state index contributed by atoms with van der Waals surface area (Å²) in [7, 11) is 1.18. The molecule has 1 rings (SSSR count). The Morgan fingerprint density at radius 2 is 2.06 bits per heavy atom. The SMILES string of the molecule is COC(=O)/C(N=Nc1ccc(Br)cc1)=C(/O)CCl. The van der Waals surface area contributed by atoms with Crippen LogP contribution in [0.5, 0.6) is 0 Å². The summed E-state index contributed by atoms with van der Waals surface area (Å²) >= 11 is 8.71. The van der Waals surface area contributed by atoms with Crippen molar-refractivity contribution in [3.05, 3.63) is 40.2 Å². The van der Waals surface area contributed by atoms with Gasteiger partial charge in [-0.25, -0.2) is 4.79 Å². The first-order chi connectivity index (χ1) is 8.58. The minimum absolute atomic E-state index is 0.246. The molecule has 1 aromatic rings. The van der Waals surface area contributed by atoms with Crippen molar-refractivity contribution in [1.82, 2.24) is 0 Å². The fourth-order valence-electron chi connectivity index (χ4n) is 0.992. The maximum Gasteiger partial charge on any atom is 0.362 e. The fourth-order valence-corrected chi connectivity index (χ4v) is 1.38. The molecule has 0 aliphatic carbocycles. The highest BCUT2D eigenvalue weighted by Gasteiger charge is 2.15. The van der Waals surface area contributed by atoms with Crippen LogP contribution < -0.4 is 0 Å². The van der Waals surface area contributed by atoms with Gasteiger partial charge in [-0.3, -0.25) is 0 Å². The summed E-state index contributed by atoms with van der Waals surface area (Å²) in [6, 6.07) is 6.94. The molecule has 0 radical (unpaired) electrons. The summed E-state index contributed by atoms with van der Waals surface area (Å²) in [4.78, 5) is 11.3. The van der Waals surface area contributed by atoms with E-state index in [4.69, 9.17) is 11.6 Å². The van der Waals surface area contributed by atoms with Crippen LogP contribution in [0.25, 0.3) is 0 Å². The summed E-state index contributed by atoms with van der Waals surface area (Å²) < 4.78 is 5.36. The maximum absolute atomic E-state index is 11.3. The number of carbonyl (C=O) groups excluding carboxylic acids is 1. The van der Waals surface area contributed by atoms with Crippen LogP contribution in [0.4, 0.5) is 5.69 Å². The van der Waals surface area contributed by atoms with Crippen molar-refractivity contribution in [3.8, 4) is 0 Å². The summed E-state index contributed by atoms with van der Waals surface area (Å²) in [5, 5.41) is 16.9. The molecular weight excluding hydrogens is 323 g/mol. The fraction of sp³-hybridized carbons (Fsp3) is 0.182. The highest BCUT2D eigenvalue weighted by atomic mass is 79.9. The Morgan fingerprint density at radius 3 is 2.56 bits per heavy atom. The van der Waals surface area contributed by atoms with E-state index in [1.807, 2.05) is 0 Å². The zero-order chi connectivity index (χ0) is 13.5. The van der Waals surface area contributed by atoms with E-state index >= 15 is 0 Å². The van der Waals surface area contributed by atoms with E-state index in [0.717, 1.165) is 4.47 Å². The van der Waals surface area contributed by atoms with E-state index in [1.165, 1.54) is 7.11 Å². The molecule has 0 amide bonds. The Hall–Kier alpha value is -1.40. The first-order valence-corrected chi connectivity index (χ1v) is 6.15. The minimum atomic E-state index is -0.797. The number of rotatable bonds is 4. The highest BCUT2D eigenvalue weighted by Crippen LogP contribution is 2.19. The second-order valence-corrected chi connectivity index (χ2v) is 4.28. The maximum atomic E-state index is 11.3. The molecule has 0 bridgehead atoms. The van der Waals surface area contributed by atoms with Gasteiger partial charge in [0.05, 0.1) is 18.7 Å². The molecule has 18 heavy (non-hydrogen) atoms. The molecule has 1 aromatic carbocycles. The van der Waals surface area contributed by atoms with E-state index in [2.05, 4.69) is 30.9 Å². The predicted octanol–water partition coefficient (Wildman–Crippen LogP) is 3.71. The van der Waals surface area contributed by atoms with Gasteiger partial charge < -0.3 is 9.84 Å². The lowest BCUT2D eigenvalue weighted by Crippen LogP contribution is -2.06. The largest absolute Gasteiger partial charge is 0.508 e. The van der Waals surface area contributed by atoms with E-state index in [1.54, 1.807) is 24.3 Å². The molecular formula is C11H10BrClN2O3. The normalized spacial score (nSPS) is 12.4. The van der Waals surface area contributed by atoms with Gasteiger partial charge in [-0.2, -0.15) is 5.11 Å². The number of esters is 1. The third kappa shape index (κ3) is 4.12. The molecule has 5 nitrogen and oxygen atoms in total. The van der Waals surface area contributed by atoms with Crippen LogP contribution in [0, 0.1) is 0 Å². The van der Waals surface area contributed by atoms with Gasteiger partial charge in [0, 0.05) is 4.47 Å². The second-order valence-electron chi connectivity index (χ2n) is 3.10. The van der Waals surface area contributed by atoms with Crippen LogP contribution in [0.3, 0.4) is 0 Å². The van der Waals surface area contributed by atoms with E-state index in [9.17, 15) is 9.90 Å². The van der Waals surface area contributed by atoms with Gasteiger partial charge >= 0.3 is 5.97 Å². The predicted molar refractivity (Wildman–Crippen MR) is 71.0 cm³/mol. The van der Waals surface area contributed by atoms with Crippen LogP contribution in [0.15, 0.2) is 50.4 Å². The summed E-state index contributed by atoms with van der Waals surface area (Å²) in [6.07, 6.45) is 0. The number of benzene rings is 1. The van der Waals surface area contributed by atoms with Crippen molar-refractivity contribution in [2.75, 3.05) is 13.0 Å². The summed E-state index contributed by atoms with van der Waals surface area (Å²) in [6.45, 7) is 0. The number of hydrogen-bond acceptors (Lipinski definition) is 5. The van der Waals surface area contributed by atoms with Gasteiger partial charge in [0.15, 0.2) is 0 Å². The molecule has 0 fully saturated rings. The molecule has 0 aliphatic heterocycles. The molecule has 0 aliphatic rings. The topological polar surface area (TPSA) is 71.2 Å². The molecule has 0 atom stereocenters. The van der Waals surface area contributed by atoms with E-state index in [0.29, 0.717) is 5.69 Å². The molecule has 0 heterocycles. The van der Waals surface area contributed by atoms with Gasteiger partial charge in [-0.1, -0.05) is 15.9 Å². The van der Waals surface area contributed by atoms with Gasteiger partial charge in [0.2, 0.25) is 5.70 Å². The van der Waals surface area contributed by atoms with Crippen molar-refractivity contribution in [2.24, 2.45) is 10.2 Å². The smallest absolute Gasteiger partial charge is 0.362 e. The van der Waals surface area contributed by atoms with E-state index in [-0.39, 0.29) is 17.3 Å². The number of azo groups is 1. The van der Waals surface area contributed by atoms with Crippen molar-refractivity contribution in [3.63, 3.8) is 0 Å². The Bertz CT molecular complexity index is 486. The number of carbonyl (C=O) groups is 1. The molecule has 0 unspecified atom stereocenters. The molecule has 7 heteroatoms. The molecule has 96 valence electrons. The van der Waals surface area contributed by atoms with Crippen molar-refractivity contribution in [2.45, 2.75) is 0 Å². The zero-order valence-electron chi connectivity index (χ0n) is 9.43. The number of aliphatic hydroxyl groups excluding tert-OH is 1. The number of alkyl halides is 1. The van der Waals surface area contributed by atoms with Crippen molar-refractivity contribution in [1.29, 1.82) is 0 Å². The lowest BCUT2D eigenvalue weighted by atomic mass is 10.3. The Morgan fingerprint density at radius 1 is 1.44 bits per heavy atom. The molecule has 0 saturated carbocycles. The molecule has 1 N–H and O–H groups in total. The standard InChI is InChI=1S/C11H10BrClN2O3/c1-18-11(17)10(9(16)6-13)15-14-8-4-2-7(12)3-5-8/h2-5,16H,6H2,1H3/b10-9-,15-14?. The van der Waals surface area contributed by atoms with Crippen molar-refractivity contribution >= 4 is 39.2 Å². The minimum Gasteiger partial charge on any atom is -0.508 e. The third-order valence-corrected chi connectivity index (χ3v) is 2.65. The lowest BCUT2D eigenvalue weighted by Gasteiger charge is -2.01. The molecule has 0 spiro atoms. The second kappa shape index (κ2) is 7.13. The Labute approximate surface area is 117 Å². The first kappa shape index (κ1) is 14.7. The first-order valence-electron chi connectivity index (χ1n) is 4.82. The summed E-state index contributed by atoms with van der Waals surface area (Å²) in [5.74, 6) is -1.43. The van der Waals surface area contributed by atoms with Crippen molar-refractivity contribution < 1.29 is 14.6 Å². The van der Waals surface area contributed by atoms with Crippen LogP contribution in [-0.4, -0.2) is 24.1 Å². The lowest BCUT2D eigenvalue weighted by molar-refractivity contribution is -0.136. The van der Waals surface area contributed by atoms with Gasteiger partial charge in [0.25, 0.3) is 0 Å². The van der Waals surface area contributed by atoms with Crippen LogP contribution in [0.1, 0.15) is 0 Å². The number of ether oxygens (including phenoxy) is 1. The number of aliphatic hydroxyl groups is 1. The Kier molecular flexibility index (Phi) is 5.80. The van der Waals surface area contributed by atoms with Crippen LogP contribution >= 0.6 is 27.5 Å². The monoisotopic (exact) mass is 332 g/mol. The third-order valence-electron chi connectivity index (χ3n) is 1.87. The van der Waals surface area contributed by atoms with Crippen LogP contribution in [-0.2, 0) is 9.53 Å². The molecule has 0 saturated heterocycles. The van der Waals surface area contributed by atoms with Crippen LogP contribution in [0.2, 0.25) is 0 Å². The zero-order valence-corrected chi connectivity index (χ0v) is 11.8. The number of nitrogens with zero attached hydrogens (tertiary/aromatic N) is 2. The number of halogens is 2. The number of allylic oxidation sites excluding steroid dienone is 1. The van der Waals surface area contributed by atoms with Gasteiger partial charge in [-0.05, 0) is 24.3 Å². The quantitative estimate of drug-likeness (QED) is 0.300. The number of hydrogen-bond donors (Lipinski definition) is 1. The highest BCUT2D eigenvalue weighted by molar-refractivity contribution is 9.10. The van der Waals surface area contributed by atoms with Gasteiger partial charge in [0.1, 0.15) is 5.76 Å². The average Bonchev–Trinajstić information content (AvgIpc) is 2.40.